The summed E-state index contributed by atoms with van der Waals surface area (Å²) in [4.78, 5) is 18.0. The second-order valence-electron chi connectivity index (χ2n) is 7.26. The molecule has 3 aromatic heterocycles. The lowest BCUT2D eigenvalue weighted by Crippen LogP contribution is -2.23. The number of nitrogens with one attached hydrogen (secondary N) is 1. The fourth-order valence-corrected chi connectivity index (χ4v) is 4.71. The molecule has 31 heavy (non-hydrogen) atoms. The first kappa shape index (κ1) is 19.2. The maximum Gasteiger partial charge on any atom is 0.265 e. The lowest BCUT2D eigenvalue weighted by molar-refractivity contribution is -0.117. The summed E-state index contributed by atoms with van der Waals surface area (Å²) in [7, 11) is -2.14. The molecule has 0 spiro atoms. The number of amides is 1. The number of para-hydroxylation sites is 1. The van der Waals surface area contributed by atoms with Crippen molar-refractivity contribution < 1.29 is 13.2 Å². The lowest BCUT2D eigenvalue weighted by atomic mass is 10.2. The highest BCUT2D eigenvalue weighted by molar-refractivity contribution is 7.92. The van der Waals surface area contributed by atoms with Crippen molar-refractivity contribution in [3.8, 4) is 5.82 Å². The average molecular weight is 437 g/mol. The first-order chi connectivity index (χ1) is 14.9. The number of hydrogen-bond donors (Lipinski definition) is 1. The minimum absolute atomic E-state index is 0.00359. The largest absolute Gasteiger partial charge is 0.312 e. The number of benzene rings is 1. The molecule has 5 rings (SSSR count). The Morgan fingerprint density at radius 3 is 2.81 bits per heavy atom. The van der Waals surface area contributed by atoms with E-state index in [2.05, 4.69) is 19.9 Å². The smallest absolute Gasteiger partial charge is 0.265 e. The van der Waals surface area contributed by atoms with Gasteiger partial charge < -0.3 is 4.90 Å². The molecule has 11 heteroatoms. The van der Waals surface area contributed by atoms with Crippen LogP contribution in [-0.2, 0) is 21.9 Å². The fourth-order valence-electron chi connectivity index (χ4n) is 3.71. The molecule has 1 amide bonds. The Labute approximate surface area is 178 Å². The fraction of sp³-hybridized carbons (Fsp3) is 0.200. The maximum absolute atomic E-state index is 13.0. The predicted molar refractivity (Wildman–Crippen MR) is 114 cm³/mol. The van der Waals surface area contributed by atoms with Gasteiger partial charge in [0.05, 0.1) is 29.8 Å². The third-order valence-corrected chi connectivity index (χ3v) is 6.54. The minimum Gasteiger partial charge on any atom is -0.312 e. The summed E-state index contributed by atoms with van der Waals surface area (Å²) in [6, 6.07) is 8.78. The molecule has 10 nitrogen and oxygen atoms in total. The molecule has 0 unspecified atom stereocenters. The second-order valence-corrected chi connectivity index (χ2v) is 8.94. The molecule has 0 aliphatic carbocycles. The van der Waals surface area contributed by atoms with Gasteiger partial charge in [0.2, 0.25) is 5.91 Å². The molecule has 1 N–H and O–H groups in total. The Bertz CT molecular complexity index is 1410. The first-order valence-corrected chi connectivity index (χ1v) is 11.2. The van der Waals surface area contributed by atoms with Gasteiger partial charge in [-0.15, -0.1) is 0 Å². The van der Waals surface area contributed by atoms with Crippen molar-refractivity contribution in [2.75, 3.05) is 16.2 Å². The molecular weight excluding hydrogens is 418 g/mol. The highest BCUT2D eigenvalue weighted by Crippen LogP contribution is 2.26. The Balaban J connectivity index is 1.45. The van der Waals surface area contributed by atoms with Crippen molar-refractivity contribution >= 4 is 38.2 Å². The highest BCUT2D eigenvalue weighted by atomic mass is 32.2. The van der Waals surface area contributed by atoms with Crippen LogP contribution in [-0.4, -0.2) is 45.4 Å². The summed E-state index contributed by atoms with van der Waals surface area (Å²) in [5, 5.41) is 9.17. The molecule has 4 aromatic rings. The molecule has 1 fully saturated rings. The van der Waals surface area contributed by atoms with Crippen LogP contribution >= 0.6 is 0 Å². The Morgan fingerprint density at radius 1 is 1.13 bits per heavy atom. The van der Waals surface area contributed by atoms with E-state index >= 15 is 0 Å². The molecule has 1 aromatic carbocycles. The number of anilines is 2. The SMILES string of the molecule is Cn1ncc2cccc(NS(=O)(=O)c3cnn(-c4cc(N5CCCC5=O)ccn4)c3)c21. The zero-order valence-electron chi connectivity index (χ0n) is 16.6. The number of nitrogens with zero attached hydrogens (tertiary/aromatic N) is 6. The number of sulfonamides is 1. The standard InChI is InChI=1S/C20H19N7O3S/c1-25-20-14(11-22-25)4-2-5-17(20)24-31(29,30)16-12-23-27(13-16)18-10-15(7-8-21-18)26-9-3-6-19(26)28/h2,4-5,7-8,10-13,24H,3,6,9H2,1H3. The van der Waals surface area contributed by atoms with Gasteiger partial charge in [-0.2, -0.15) is 10.2 Å². The highest BCUT2D eigenvalue weighted by Gasteiger charge is 2.23. The number of rotatable bonds is 5. The second kappa shape index (κ2) is 7.20. The Morgan fingerprint density at radius 2 is 2.00 bits per heavy atom. The Kier molecular flexibility index (Phi) is 4.47. The van der Waals surface area contributed by atoms with E-state index in [-0.39, 0.29) is 10.8 Å². The monoisotopic (exact) mass is 437 g/mol. The van der Waals surface area contributed by atoms with Crippen molar-refractivity contribution in [3.05, 3.63) is 55.1 Å². The van der Waals surface area contributed by atoms with Gasteiger partial charge in [0.15, 0.2) is 5.82 Å². The number of carbonyl (C=O) groups is 1. The predicted octanol–water partition coefficient (Wildman–Crippen LogP) is 2.08. The van der Waals surface area contributed by atoms with Gasteiger partial charge in [0.1, 0.15) is 4.90 Å². The van der Waals surface area contributed by atoms with E-state index in [1.807, 2.05) is 6.07 Å². The maximum atomic E-state index is 13.0. The van der Waals surface area contributed by atoms with Gasteiger partial charge >= 0.3 is 0 Å². The molecule has 0 bridgehead atoms. The van der Waals surface area contributed by atoms with Crippen molar-refractivity contribution in [1.82, 2.24) is 24.5 Å². The van der Waals surface area contributed by atoms with E-state index in [1.165, 1.54) is 17.1 Å². The molecule has 0 saturated carbocycles. The van der Waals surface area contributed by atoms with Crippen molar-refractivity contribution in [2.24, 2.45) is 7.05 Å². The van der Waals surface area contributed by atoms with Gasteiger partial charge in [0.25, 0.3) is 10.0 Å². The number of pyridine rings is 1. The van der Waals surface area contributed by atoms with Crippen molar-refractivity contribution in [1.29, 1.82) is 0 Å². The number of aryl methyl sites for hydroxylation is 1. The van der Waals surface area contributed by atoms with Gasteiger partial charge in [-0.05, 0) is 18.6 Å². The summed E-state index contributed by atoms with van der Waals surface area (Å²) >= 11 is 0. The van der Waals surface area contributed by atoms with E-state index in [0.29, 0.717) is 35.7 Å². The summed E-state index contributed by atoms with van der Waals surface area (Å²) in [6.07, 6.45) is 7.25. The van der Waals surface area contributed by atoms with E-state index in [9.17, 15) is 13.2 Å². The summed E-state index contributed by atoms with van der Waals surface area (Å²) in [5.74, 6) is 0.488. The number of carbonyl (C=O) groups excluding carboxylic acids is 1. The summed E-state index contributed by atoms with van der Waals surface area (Å²) in [5.41, 5.74) is 1.83. The molecule has 1 saturated heterocycles. The van der Waals surface area contributed by atoms with E-state index in [4.69, 9.17) is 0 Å². The number of hydrogen-bond acceptors (Lipinski definition) is 6. The molecule has 4 heterocycles. The normalized spacial score (nSPS) is 14.5. The van der Waals surface area contributed by atoms with Gasteiger partial charge in [-0.25, -0.2) is 18.1 Å². The topological polar surface area (TPSA) is 115 Å². The van der Waals surface area contributed by atoms with E-state index < -0.39 is 10.0 Å². The van der Waals surface area contributed by atoms with Crippen LogP contribution in [0.2, 0.25) is 0 Å². The van der Waals surface area contributed by atoms with Crippen molar-refractivity contribution in [3.63, 3.8) is 0 Å². The van der Waals surface area contributed by atoms with Crippen LogP contribution in [0.3, 0.4) is 0 Å². The molecule has 158 valence electrons. The molecule has 1 aliphatic rings. The van der Waals surface area contributed by atoms with Crippen LogP contribution in [0, 0.1) is 0 Å². The van der Waals surface area contributed by atoms with Gasteiger partial charge in [-0.3, -0.25) is 14.2 Å². The molecular formula is C20H19N7O3S. The van der Waals surface area contributed by atoms with Gasteiger partial charge in [-0.1, -0.05) is 12.1 Å². The number of aromatic nitrogens is 5. The summed E-state index contributed by atoms with van der Waals surface area (Å²) < 4.78 is 31.6. The van der Waals surface area contributed by atoms with Gasteiger partial charge in [0, 0.05) is 43.4 Å². The van der Waals surface area contributed by atoms with Crippen LogP contribution in [0.15, 0.2) is 60.0 Å². The van der Waals surface area contributed by atoms with Crippen LogP contribution in [0.4, 0.5) is 11.4 Å². The molecule has 1 aliphatic heterocycles. The first-order valence-electron chi connectivity index (χ1n) is 9.67. The summed E-state index contributed by atoms with van der Waals surface area (Å²) in [6.45, 7) is 0.657. The van der Waals surface area contributed by atoms with Crippen LogP contribution < -0.4 is 9.62 Å². The third-order valence-electron chi connectivity index (χ3n) is 5.22. The average Bonchev–Trinajstić information content (AvgIpc) is 3.49. The minimum atomic E-state index is -3.89. The van der Waals surface area contributed by atoms with Crippen molar-refractivity contribution in [2.45, 2.75) is 17.7 Å². The zero-order valence-corrected chi connectivity index (χ0v) is 17.5. The lowest BCUT2D eigenvalue weighted by Gasteiger charge is -2.16. The van der Waals surface area contributed by atoms with Crippen LogP contribution in [0.5, 0.6) is 0 Å². The van der Waals surface area contributed by atoms with E-state index in [0.717, 1.165) is 11.8 Å². The van der Waals surface area contributed by atoms with E-state index in [1.54, 1.807) is 53.3 Å². The number of fused-ring (bicyclic) bond motifs is 1. The van der Waals surface area contributed by atoms with Crippen LogP contribution in [0.25, 0.3) is 16.7 Å². The quantitative estimate of drug-likeness (QED) is 0.511. The molecule has 0 radical (unpaired) electrons. The third kappa shape index (κ3) is 3.42. The van der Waals surface area contributed by atoms with Crippen LogP contribution in [0.1, 0.15) is 12.8 Å². The zero-order chi connectivity index (χ0) is 21.6. The molecule has 0 atom stereocenters. The Hall–Kier alpha value is -3.73.